The van der Waals surface area contributed by atoms with Crippen LogP contribution in [0.5, 0.6) is 11.5 Å². The number of piperidine rings is 1. The quantitative estimate of drug-likeness (QED) is 0.837. The van der Waals surface area contributed by atoms with Crippen LogP contribution in [-0.4, -0.2) is 30.3 Å². The fourth-order valence-electron chi connectivity index (χ4n) is 4.00. The third-order valence-electron chi connectivity index (χ3n) is 4.44. The molecule has 128 valence electrons. The van der Waals surface area contributed by atoms with E-state index in [-0.39, 0.29) is 11.1 Å². The van der Waals surface area contributed by atoms with Crippen LogP contribution in [0, 0.1) is 0 Å². The lowest BCUT2D eigenvalue weighted by Crippen LogP contribution is -2.61. The van der Waals surface area contributed by atoms with Crippen molar-refractivity contribution in [2.24, 2.45) is 0 Å². The lowest BCUT2D eigenvalue weighted by Gasteiger charge is -2.46. The second-order valence-electron chi connectivity index (χ2n) is 7.98. The Balaban J connectivity index is 1.67. The van der Waals surface area contributed by atoms with E-state index >= 15 is 0 Å². The van der Waals surface area contributed by atoms with E-state index in [9.17, 15) is 0 Å². The summed E-state index contributed by atoms with van der Waals surface area (Å²) in [7, 11) is 0. The Labute approximate surface area is 147 Å². The van der Waals surface area contributed by atoms with Gasteiger partial charge in [-0.25, -0.2) is 0 Å². The predicted octanol–water partition coefficient (Wildman–Crippen LogP) is 3.62. The summed E-state index contributed by atoms with van der Waals surface area (Å²) in [6.07, 6.45) is 2.25. The normalized spacial score (nSPS) is 22.8. The number of rotatable bonds is 3. The van der Waals surface area contributed by atoms with Gasteiger partial charge in [0.25, 0.3) is 0 Å². The van der Waals surface area contributed by atoms with E-state index < -0.39 is 0 Å². The van der Waals surface area contributed by atoms with E-state index in [1.165, 1.54) is 5.56 Å². The Morgan fingerprint density at radius 1 is 1.13 bits per heavy atom. The molecule has 0 radical (unpaired) electrons. The predicted molar refractivity (Wildman–Crippen MR) is 96.3 cm³/mol. The van der Waals surface area contributed by atoms with Crippen LogP contribution in [0.15, 0.2) is 16.6 Å². The Kier molecular flexibility index (Phi) is 4.64. The lowest BCUT2D eigenvalue weighted by molar-refractivity contribution is 0.145. The maximum atomic E-state index is 5.71. The molecule has 2 aliphatic rings. The first-order valence-corrected chi connectivity index (χ1v) is 9.14. The van der Waals surface area contributed by atoms with Gasteiger partial charge in [-0.1, -0.05) is 0 Å². The van der Waals surface area contributed by atoms with E-state index in [1.807, 2.05) is 0 Å². The number of nitrogens with one attached hydrogen (secondary N) is 2. The highest BCUT2D eigenvalue weighted by Crippen LogP contribution is 2.38. The van der Waals surface area contributed by atoms with Crippen LogP contribution in [0.25, 0.3) is 0 Å². The zero-order valence-electron chi connectivity index (χ0n) is 14.5. The van der Waals surface area contributed by atoms with Crippen molar-refractivity contribution in [2.45, 2.75) is 64.2 Å². The first-order valence-electron chi connectivity index (χ1n) is 8.35. The average Bonchev–Trinajstić information content (AvgIpc) is 2.42. The number of benzene rings is 1. The molecule has 1 saturated heterocycles. The van der Waals surface area contributed by atoms with Crippen molar-refractivity contribution in [1.82, 2.24) is 10.6 Å². The monoisotopic (exact) mass is 382 g/mol. The molecule has 1 fully saturated rings. The number of hydrogen-bond acceptors (Lipinski definition) is 4. The average molecular weight is 383 g/mol. The molecule has 0 spiro atoms. The maximum absolute atomic E-state index is 5.71. The molecule has 3 rings (SSSR count). The van der Waals surface area contributed by atoms with Gasteiger partial charge in [-0.15, -0.1) is 0 Å². The molecular weight excluding hydrogens is 356 g/mol. The smallest absolute Gasteiger partial charge is 0.175 e. The molecule has 1 aromatic rings. The van der Waals surface area contributed by atoms with Gasteiger partial charge in [-0.2, -0.15) is 0 Å². The van der Waals surface area contributed by atoms with E-state index in [4.69, 9.17) is 9.47 Å². The van der Waals surface area contributed by atoms with Crippen LogP contribution in [0.2, 0.25) is 0 Å². The number of halogens is 1. The van der Waals surface area contributed by atoms with Crippen molar-refractivity contribution >= 4 is 15.9 Å². The van der Waals surface area contributed by atoms with Gasteiger partial charge < -0.3 is 20.1 Å². The summed E-state index contributed by atoms with van der Waals surface area (Å²) >= 11 is 3.59. The highest BCUT2D eigenvalue weighted by molar-refractivity contribution is 9.10. The molecule has 0 atom stereocenters. The van der Waals surface area contributed by atoms with E-state index in [2.05, 4.69) is 66.4 Å². The summed E-state index contributed by atoms with van der Waals surface area (Å²) in [4.78, 5) is 0. The fraction of sp³-hybridized carbons (Fsp3) is 0.667. The molecule has 2 aliphatic heterocycles. The van der Waals surface area contributed by atoms with Crippen LogP contribution in [0.4, 0.5) is 0 Å². The SMILES string of the molecule is CC1(C)CC(NCc2cc(Br)c3c(c2)OCCO3)CC(C)(C)N1. The maximum Gasteiger partial charge on any atom is 0.175 e. The van der Waals surface area contributed by atoms with E-state index in [1.54, 1.807) is 0 Å². The largest absolute Gasteiger partial charge is 0.486 e. The number of ether oxygens (including phenoxy) is 2. The van der Waals surface area contributed by atoms with Gasteiger partial charge in [0.15, 0.2) is 11.5 Å². The summed E-state index contributed by atoms with van der Waals surface area (Å²) in [6.45, 7) is 11.2. The molecule has 0 unspecified atom stereocenters. The van der Waals surface area contributed by atoms with Crippen LogP contribution in [0.3, 0.4) is 0 Å². The minimum absolute atomic E-state index is 0.160. The molecule has 0 saturated carbocycles. The molecular formula is C18H27BrN2O2. The second kappa shape index (κ2) is 6.26. The highest BCUT2D eigenvalue weighted by Gasteiger charge is 2.37. The molecule has 0 amide bonds. The van der Waals surface area contributed by atoms with Gasteiger partial charge in [0.2, 0.25) is 0 Å². The third-order valence-corrected chi connectivity index (χ3v) is 5.03. The van der Waals surface area contributed by atoms with Crippen molar-refractivity contribution in [3.05, 3.63) is 22.2 Å². The fourth-order valence-corrected chi connectivity index (χ4v) is 4.60. The first kappa shape index (κ1) is 17.1. The third kappa shape index (κ3) is 4.20. The number of fused-ring (bicyclic) bond motifs is 1. The van der Waals surface area contributed by atoms with Crippen LogP contribution < -0.4 is 20.1 Å². The topological polar surface area (TPSA) is 42.5 Å². The minimum atomic E-state index is 0.160. The van der Waals surface area contributed by atoms with Gasteiger partial charge in [-0.05, 0) is 74.2 Å². The van der Waals surface area contributed by atoms with E-state index in [0.29, 0.717) is 19.3 Å². The van der Waals surface area contributed by atoms with Crippen LogP contribution >= 0.6 is 15.9 Å². The zero-order chi connectivity index (χ0) is 16.7. The number of hydrogen-bond donors (Lipinski definition) is 2. The molecule has 23 heavy (non-hydrogen) atoms. The van der Waals surface area contributed by atoms with Gasteiger partial charge in [0.1, 0.15) is 13.2 Å². The van der Waals surface area contributed by atoms with Crippen LogP contribution in [-0.2, 0) is 6.54 Å². The molecule has 5 heteroatoms. The Bertz CT molecular complexity index is 571. The minimum Gasteiger partial charge on any atom is -0.486 e. The molecule has 0 bridgehead atoms. The molecule has 0 aromatic heterocycles. The molecule has 0 aliphatic carbocycles. The summed E-state index contributed by atoms with van der Waals surface area (Å²) in [5.74, 6) is 1.66. The lowest BCUT2D eigenvalue weighted by atomic mass is 9.79. The summed E-state index contributed by atoms with van der Waals surface area (Å²) in [5.41, 5.74) is 1.54. The molecule has 2 heterocycles. The van der Waals surface area contributed by atoms with Gasteiger partial charge in [0, 0.05) is 23.7 Å². The van der Waals surface area contributed by atoms with Crippen molar-refractivity contribution in [2.75, 3.05) is 13.2 Å². The molecule has 2 N–H and O–H groups in total. The van der Waals surface area contributed by atoms with Gasteiger partial charge >= 0.3 is 0 Å². The van der Waals surface area contributed by atoms with Crippen molar-refractivity contribution in [3.63, 3.8) is 0 Å². The Morgan fingerprint density at radius 2 is 1.78 bits per heavy atom. The van der Waals surface area contributed by atoms with Crippen molar-refractivity contribution in [3.8, 4) is 11.5 Å². The second-order valence-corrected chi connectivity index (χ2v) is 8.84. The Morgan fingerprint density at radius 3 is 2.48 bits per heavy atom. The van der Waals surface area contributed by atoms with Crippen LogP contribution in [0.1, 0.15) is 46.1 Å². The van der Waals surface area contributed by atoms with Crippen molar-refractivity contribution < 1.29 is 9.47 Å². The van der Waals surface area contributed by atoms with Crippen molar-refractivity contribution in [1.29, 1.82) is 0 Å². The summed E-state index contributed by atoms with van der Waals surface area (Å²) in [6, 6.07) is 4.72. The van der Waals surface area contributed by atoms with Gasteiger partial charge in [0.05, 0.1) is 4.47 Å². The zero-order valence-corrected chi connectivity index (χ0v) is 16.0. The van der Waals surface area contributed by atoms with Gasteiger partial charge in [-0.3, -0.25) is 0 Å². The molecule has 4 nitrogen and oxygen atoms in total. The van der Waals surface area contributed by atoms with E-state index in [0.717, 1.165) is 35.4 Å². The summed E-state index contributed by atoms with van der Waals surface area (Å²) < 4.78 is 12.3. The summed E-state index contributed by atoms with van der Waals surface area (Å²) in [5, 5.41) is 7.45. The Hall–Kier alpha value is -0.780. The standard InChI is InChI=1S/C18H27BrN2O2/c1-17(2)9-13(10-18(3,4)21-17)20-11-12-7-14(19)16-15(8-12)22-5-6-23-16/h7-8,13,20-21H,5-6,9-11H2,1-4H3. The first-order chi connectivity index (χ1) is 10.7. The highest BCUT2D eigenvalue weighted by atomic mass is 79.9. The molecule has 1 aromatic carbocycles.